The third kappa shape index (κ3) is 6.71. The molecule has 3 aromatic rings. The Morgan fingerprint density at radius 1 is 0.606 bits per heavy atom. The highest BCUT2D eigenvalue weighted by atomic mass is 16.7. The van der Waals surface area contributed by atoms with Gasteiger partial charge in [-0.1, -0.05) is 91.0 Å². The predicted molar refractivity (Wildman–Crippen MR) is 123 cm³/mol. The molecule has 4 rings (SSSR count). The zero-order chi connectivity index (χ0) is 22.9. The Hall–Kier alpha value is -2.58. The number of ether oxygens (including phenoxy) is 4. The van der Waals surface area contributed by atoms with Crippen LogP contribution in [0.4, 0.5) is 0 Å². The van der Waals surface area contributed by atoms with E-state index >= 15 is 0 Å². The molecule has 0 saturated carbocycles. The van der Waals surface area contributed by atoms with E-state index < -0.39 is 30.7 Å². The summed E-state index contributed by atoms with van der Waals surface area (Å²) in [7, 11) is 0. The van der Waals surface area contributed by atoms with Crippen LogP contribution in [0, 0.1) is 0 Å². The SMILES string of the molecule is O[C@H]1[C@@H](OCc2ccccc2)[C@H](OCc2ccccc2)[C@H](COCc2ccccc2)O[C@@H]1O. The van der Waals surface area contributed by atoms with Crippen molar-refractivity contribution in [1.82, 2.24) is 0 Å². The molecule has 0 spiro atoms. The van der Waals surface area contributed by atoms with Crippen molar-refractivity contribution in [3.63, 3.8) is 0 Å². The van der Waals surface area contributed by atoms with Gasteiger partial charge in [-0.25, -0.2) is 0 Å². The van der Waals surface area contributed by atoms with Crippen LogP contribution in [-0.4, -0.2) is 47.5 Å². The Balaban J connectivity index is 1.46. The molecule has 1 aliphatic rings. The molecule has 0 unspecified atom stereocenters. The highest BCUT2D eigenvalue weighted by Gasteiger charge is 2.46. The van der Waals surface area contributed by atoms with Gasteiger partial charge in [0.15, 0.2) is 6.29 Å². The van der Waals surface area contributed by atoms with Crippen molar-refractivity contribution in [1.29, 1.82) is 0 Å². The van der Waals surface area contributed by atoms with Crippen molar-refractivity contribution in [2.24, 2.45) is 0 Å². The topological polar surface area (TPSA) is 77.4 Å². The maximum Gasteiger partial charge on any atom is 0.184 e. The summed E-state index contributed by atoms with van der Waals surface area (Å²) in [5.41, 5.74) is 2.99. The van der Waals surface area contributed by atoms with Crippen LogP contribution in [-0.2, 0) is 38.8 Å². The molecule has 2 N–H and O–H groups in total. The molecule has 1 heterocycles. The summed E-state index contributed by atoms with van der Waals surface area (Å²) in [6.45, 7) is 1.18. The number of hydrogen-bond donors (Lipinski definition) is 2. The van der Waals surface area contributed by atoms with Crippen LogP contribution in [0.2, 0.25) is 0 Å². The second-order valence-corrected chi connectivity index (χ2v) is 8.08. The summed E-state index contributed by atoms with van der Waals surface area (Å²) in [4.78, 5) is 0. The first kappa shape index (κ1) is 23.6. The van der Waals surface area contributed by atoms with Crippen LogP contribution in [0.15, 0.2) is 91.0 Å². The molecule has 5 atom stereocenters. The fourth-order valence-electron chi connectivity index (χ4n) is 3.84. The Kier molecular flexibility index (Phi) is 8.60. The summed E-state index contributed by atoms with van der Waals surface area (Å²) in [5, 5.41) is 21.1. The Morgan fingerprint density at radius 3 is 1.58 bits per heavy atom. The van der Waals surface area contributed by atoms with Crippen molar-refractivity contribution < 1.29 is 29.2 Å². The number of benzene rings is 3. The van der Waals surface area contributed by atoms with Gasteiger partial charge in [-0.15, -0.1) is 0 Å². The summed E-state index contributed by atoms with van der Waals surface area (Å²) >= 11 is 0. The lowest BCUT2D eigenvalue weighted by molar-refractivity contribution is -0.307. The molecule has 0 aliphatic carbocycles. The maximum absolute atomic E-state index is 10.7. The first-order chi connectivity index (χ1) is 16.2. The van der Waals surface area contributed by atoms with E-state index in [2.05, 4.69) is 0 Å². The molecule has 6 nitrogen and oxygen atoms in total. The van der Waals surface area contributed by atoms with E-state index in [-0.39, 0.29) is 13.2 Å². The van der Waals surface area contributed by atoms with E-state index in [1.54, 1.807) is 0 Å². The molecule has 6 heteroatoms. The van der Waals surface area contributed by atoms with E-state index in [1.807, 2.05) is 91.0 Å². The fraction of sp³-hybridized carbons (Fsp3) is 0.333. The van der Waals surface area contributed by atoms with Gasteiger partial charge < -0.3 is 29.2 Å². The lowest BCUT2D eigenvalue weighted by Gasteiger charge is -2.42. The van der Waals surface area contributed by atoms with Crippen LogP contribution < -0.4 is 0 Å². The van der Waals surface area contributed by atoms with Gasteiger partial charge in [-0.05, 0) is 16.7 Å². The van der Waals surface area contributed by atoms with Gasteiger partial charge in [0, 0.05) is 0 Å². The number of aliphatic hydroxyl groups is 2. The molecule has 0 radical (unpaired) electrons. The largest absolute Gasteiger partial charge is 0.385 e. The minimum Gasteiger partial charge on any atom is -0.385 e. The van der Waals surface area contributed by atoms with Gasteiger partial charge in [0.25, 0.3) is 0 Å². The number of hydrogen-bond acceptors (Lipinski definition) is 6. The Bertz CT molecular complexity index is 937. The summed E-state index contributed by atoms with van der Waals surface area (Å²) < 4.78 is 23.9. The molecule has 0 bridgehead atoms. The summed E-state index contributed by atoms with van der Waals surface area (Å²) in [6.07, 6.45) is -4.68. The van der Waals surface area contributed by atoms with Gasteiger partial charge in [0.05, 0.1) is 26.4 Å². The minimum absolute atomic E-state index is 0.184. The van der Waals surface area contributed by atoms with E-state index in [0.29, 0.717) is 13.2 Å². The number of aliphatic hydroxyl groups excluding tert-OH is 2. The third-order valence-corrected chi connectivity index (χ3v) is 5.60. The molecule has 0 aromatic heterocycles. The minimum atomic E-state index is -1.40. The first-order valence-electron chi connectivity index (χ1n) is 11.1. The standard InChI is InChI=1S/C27H30O6/c28-24-26(32-18-22-14-8-3-9-15-22)25(31-17-21-12-6-2-7-13-21)23(33-27(24)29)19-30-16-20-10-4-1-5-11-20/h1-15,23-29H,16-19H2/t23-,24-,25+,26+,27-/m0/s1. The molecule has 3 aromatic carbocycles. The molecule has 33 heavy (non-hydrogen) atoms. The normalized spacial score (nSPS) is 25.1. The van der Waals surface area contributed by atoms with Gasteiger partial charge in [0.2, 0.25) is 0 Å². The van der Waals surface area contributed by atoms with Gasteiger partial charge in [-0.3, -0.25) is 0 Å². The lowest BCUT2D eigenvalue weighted by atomic mass is 9.98. The van der Waals surface area contributed by atoms with Crippen LogP contribution in [0.5, 0.6) is 0 Å². The van der Waals surface area contributed by atoms with Crippen LogP contribution >= 0.6 is 0 Å². The number of rotatable bonds is 10. The van der Waals surface area contributed by atoms with Crippen molar-refractivity contribution in [3.8, 4) is 0 Å². The van der Waals surface area contributed by atoms with Crippen LogP contribution in [0.25, 0.3) is 0 Å². The predicted octanol–water partition coefficient (Wildman–Crippen LogP) is 3.45. The van der Waals surface area contributed by atoms with Gasteiger partial charge in [0.1, 0.15) is 24.4 Å². The Labute approximate surface area is 194 Å². The lowest BCUT2D eigenvalue weighted by Crippen LogP contribution is -2.60. The zero-order valence-electron chi connectivity index (χ0n) is 18.4. The van der Waals surface area contributed by atoms with Gasteiger partial charge >= 0.3 is 0 Å². The molecular formula is C27H30O6. The molecule has 1 saturated heterocycles. The van der Waals surface area contributed by atoms with Crippen molar-refractivity contribution in [2.45, 2.75) is 50.5 Å². The first-order valence-corrected chi connectivity index (χ1v) is 11.1. The Morgan fingerprint density at radius 2 is 1.06 bits per heavy atom. The average molecular weight is 451 g/mol. The third-order valence-electron chi connectivity index (χ3n) is 5.60. The highest BCUT2D eigenvalue weighted by Crippen LogP contribution is 2.27. The smallest absolute Gasteiger partial charge is 0.184 e. The van der Waals surface area contributed by atoms with Crippen molar-refractivity contribution in [3.05, 3.63) is 108 Å². The van der Waals surface area contributed by atoms with Crippen molar-refractivity contribution in [2.75, 3.05) is 6.61 Å². The van der Waals surface area contributed by atoms with Crippen molar-refractivity contribution >= 4 is 0 Å². The second kappa shape index (κ2) is 12.0. The average Bonchev–Trinajstić information content (AvgIpc) is 2.86. The molecule has 0 amide bonds. The van der Waals surface area contributed by atoms with E-state index in [4.69, 9.17) is 18.9 Å². The molecule has 1 fully saturated rings. The van der Waals surface area contributed by atoms with E-state index in [0.717, 1.165) is 16.7 Å². The molecular weight excluding hydrogens is 420 g/mol. The molecule has 174 valence electrons. The zero-order valence-corrected chi connectivity index (χ0v) is 18.4. The molecule has 1 aliphatic heterocycles. The van der Waals surface area contributed by atoms with Crippen LogP contribution in [0.1, 0.15) is 16.7 Å². The summed E-state index contributed by atoms with van der Waals surface area (Å²) in [5.74, 6) is 0. The quantitative estimate of drug-likeness (QED) is 0.493. The fourth-order valence-corrected chi connectivity index (χ4v) is 3.84. The van der Waals surface area contributed by atoms with E-state index in [9.17, 15) is 10.2 Å². The van der Waals surface area contributed by atoms with Crippen LogP contribution in [0.3, 0.4) is 0 Å². The van der Waals surface area contributed by atoms with Gasteiger partial charge in [-0.2, -0.15) is 0 Å². The monoisotopic (exact) mass is 450 g/mol. The van der Waals surface area contributed by atoms with E-state index in [1.165, 1.54) is 0 Å². The summed E-state index contributed by atoms with van der Waals surface area (Å²) in [6, 6.07) is 29.3. The second-order valence-electron chi connectivity index (χ2n) is 8.08. The highest BCUT2D eigenvalue weighted by molar-refractivity contribution is 5.15. The maximum atomic E-state index is 10.7.